The van der Waals surface area contributed by atoms with Crippen LogP contribution in [0.2, 0.25) is 0 Å². The molecule has 4 heterocycles. The summed E-state index contributed by atoms with van der Waals surface area (Å²) in [4.78, 5) is 43.1. The Kier molecular flexibility index (Phi) is 4.17. The van der Waals surface area contributed by atoms with Gasteiger partial charge in [-0.05, 0) is 32.1 Å². The standard InChI is InChI=1S/C20H27N5O3/c1-2-14-11-16(28-23-14)19(27)24-9-6-20(7-10-24)17-15(21-12-22-17)5-8-25(20)18(26)13-3-4-13/h12-13,16H,2-11H2,1H3,(H,21,22)/t16-/m0/s1. The fourth-order valence-electron chi connectivity index (χ4n) is 4.93. The van der Waals surface area contributed by atoms with E-state index in [0.29, 0.717) is 19.5 Å². The van der Waals surface area contributed by atoms with E-state index in [2.05, 4.69) is 20.0 Å². The number of aromatic amines is 1. The summed E-state index contributed by atoms with van der Waals surface area (Å²) in [6, 6.07) is 0. The van der Waals surface area contributed by atoms with E-state index in [-0.39, 0.29) is 23.3 Å². The van der Waals surface area contributed by atoms with Crippen LogP contribution < -0.4 is 0 Å². The molecule has 3 aliphatic heterocycles. The van der Waals surface area contributed by atoms with Crippen LogP contribution in [0, 0.1) is 5.92 Å². The smallest absolute Gasteiger partial charge is 0.266 e. The summed E-state index contributed by atoms with van der Waals surface area (Å²) in [5, 5.41) is 4.02. The second-order valence-corrected chi connectivity index (χ2v) is 8.41. The number of oxime groups is 1. The minimum atomic E-state index is -0.486. The molecule has 0 bridgehead atoms. The van der Waals surface area contributed by atoms with Gasteiger partial charge in [-0.15, -0.1) is 0 Å². The summed E-state index contributed by atoms with van der Waals surface area (Å²) >= 11 is 0. The molecule has 1 aliphatic carbocycles. The zero-order chi connectivity index (χ0) is 19.3. The lowest BCUT2D eigenvalue weighted by Crippen LogP contribution is -2.59. The van der Waals surface area contributed by atoms with E-state index in [9.17, 15) is 9.59 Å². The van der Waals surface area contributed by atoms with Gasteiger partial charge >= 0.3 is 0 Å². The van der Waals surface area contributed by atoms with Crippen LogP contribution in [-0.4, -0.2) is 63.0 Å². The molecule has 1 aromatic heterocycles. The first-order chi connectivity index (χ1) is 13.6. The highest BCUT2D eigenvalue weighted by Gasteiger charge is 2.51. The molecule has 8 heteroatoms. The SMILES string of the molecule is CCC1=NO[C@H](C(=O)N2CCC3(CC2)c2nc[nH]c2CCN3C(=O)C2CC2)C1. The molecule has 4 aliphatic rings. The van der Waals surface area contributed by atoms with E-state index in [1.165, 1.54) is 0 Å². The Hall–Kier alpha value is -2.38. The van der Waals surface area contributed by atoms with Crippen LogP contribution in [0.25, 0.3) is 0 Å². The Labute approximate surface area is 164 Å². The number of carbonyl (C=O) groups is 2. The third kappa shape index (κ3) is 2.72. The summed E-state index contributed by atoms with van der Waals surface area (Å²) in [7, 11) is 0. The van der Waals surface area contributed by atoms with Crippen molar-refractivity contribution in [3.63, 3.8) is 0 Å². The van der Waals surface area contributed by atoms with Gasteiger partial charge in [0.1, 0.15) is 0 Å². The predicted molar refractivity (Wildman–Crippen MR) is 101 cm³/mol. The molecule has 1 spiro atoms. The van der Waals surface area contributed by atoms with Crippen LogP contribution in [0.4, 0.5) is 0 Å². The molecule has 0 unspecified atom stereocenters. The van der Waals surface area contributed by atoms with Gasteiger partial charge in [0.25, 0.3) is 5.91 Å². The number of rotatable bonds is 3. The van der Waals surface area contributed by atoms with Gasteiger partial charge in [-0.25, -0.2) is 4.98 Å². The Balaban J connectivity index is 1.34. The van der Waals surface area contributed by atoms with Crippen molar-refractivity contribution in [2.24, 2.45) is 11.1 Å². The van der Waals surface area contributed by atoms with Gasteiger partial charge in [-0.3, -0.25) is 9.59 Å². The predicted octanol–water partition coefficient (Wildman–Crippen LogP) is 1.58. The molecule has 0 radical (unpaired) electrons. The van der Waals surface area contributed by atoms with Crippen LogP contribution in [0.1, 0.15) is 56.8 Å². The number of likely N-dealkylation sites (tertiary alicyclic amines) is 1. The highest BCUT2D eigenvalue weighted by Crippen LogP contribution is 2.45. The molecule has 1 aromatic rings. The van der Waals surface area contributed by atoms with Crippen LogP contribution in [-0.2, 0) is 26.4 Å². The summed E-state index contributed by atoms with van der Waals surface area (Å²) in [6.07, 6.45) is 6.94. The molecular formula is C20H27N5O3. The largest absolute Gasteiger partial charge is 0.382 e. The third-order valence-electron chi connectivity index (χ3n) is 6.77. The number of carbonyl (C=O) groups excluding carboxylic acids is 2. The van der Waals surface area contributed by atoms with Gasteiger partial charge in [0.15, 0.2) is 0 Å². The van der Waals surface area contributed by atoms with Gasteiger partial charge in [0.2, 0.25) is 12.0 Å². The maximum absolute atomic E-state index is 13.0. The Morgan fingerprint density at radius 1 is 1.25 bits per heavy atom. The maximum atomic E-state index is 13.0. The first-order valence-electron chi connectivity index (χ1n) is 10.5. The average Bonchev–Trinajstić information content (AvgIpc) is 3.26. The van der Waals surface area contributed by atoms with E-state index in [1.807, 2.05) is 11.8 Å². The van der Waals surface area contributed by atoms with E-state index in [1.54, 1.807) is 6.33 Å². The van der Waals surface area contributed by atoms with Gasteiger partial charge in [0.05, 0.1) is 23.3 Å². The van der Waals surface area contributed by atoms with Crippen molar-refractivity contribution < 1.29 is 14.4 Å². The number of amides is 2. The minimum Gasteiger partial charge on any atom is -0.382 e. The van der Waals surface area contributed by atoms with Crippen molar-refractivity contribution in [2.45, 2.75) is 63.5 Å². The molecule has 1 atom stereocenters. The zero-order valence-electron chi connectivity index (χ0n) is 16.3. The van der Waals surface area contributed by atoms with Crippen molar-refractivity contribution in [1.82, 2.24) is 19.8 Å². The fourth-order valence-corrected chi connectivity index (χ4v) is 4.93. The topological polar surface area (TPSA) is 90.9 Å². The van der Waals surface area contributed by atoms with Crippen molar-refractivity contribution >= 4 is 17.5 Å². The van der Waals surface area contributed by atoms with Crippen molar-refractivity contribution in [3.8, 4) is 0 Å². The van der Waals surface area contributed by atoms with Crippen LogP contribution in [0.15, 0.2) is 11.5 Å². The monoisotopic (exact) mass is 385 g/mol. The molecule has 1 N–H and O–H groups in total. The first kappa shape index (κ1) is 17.7. The molecule has 5 rings (SSSR count). The number of fused-ring (bicyclic) bond motifs is 2. The molecule has 1 saturated heterocycles. The van der Waals surface area contributed by atoms with Crippen molar-refractivity contribution in [1.29, 1.82) is 0 Å². The Morgan fingerprint density at radius 3 is 2.71 bits per heavy atom. The van der Waals surface area contributed by atoms with Gasteiger partial charge < -0.3 is 19.6 Å². The van der Waals surface area contributed by atoms with Crippen LogP contribution in [0.3, 0.4) is 0 Å². The normalized spacial score (nSPS) is 26.0. The lowest BCUT2D eigenvalue weighted by Gasteiger charge is -2.50. The van der Waals surface area contributed by atoms with Crippen molar-refractivity contribution in [2.75, 3.05) is 19.6 Å². The quantitative estimate of drug-likeness (QED) is 0.855. The number of nitrogens with zero attached hydrogens (tertiary/aromatic N) is 4. The number of imidazole rings is 1. The van der Waals surface area contributed by atoms with E-state index in [4.69, 9.17) is 4.84 Å². The molecule has 2 fully saturated rings. The number of H-pyrrole nitrogens is 1. The lowest BCUT2D eigenvalue weighted by molar-refractivity contribution is -0.149. The molecule has 8 nitrogen and oxygen atoms in total. The lowest BCUT2D eigenvalue weighted by atomic mass is 9.78. The highest BCUT2D eigenvalue weighted by atomic mass is 16.6. The summed E-state index contributed by atoms with van der Waals surface area (Å²) in [5.74, 6) is 0.474. The molecular weight excluding hydrogens is 358 g/mol. The summed E-state index contributed by atoms with van der Waals surface area (Å²) in [5.41, 5.74) is 2.71. The molecule has 2 amide bonds. The van der Waals surface area contributed by atoms with Crippen molar-refractivity contribution in [3.05, 3.63) is 17.7 Å². The second-order valence-electron chi connectivity index (χ2n) is 8.41. The second kappa shape index (κ2) is 6.60. The minimum absolute atomic E-state index is 0.0141. The van der Waals surface area contributed by atoms with Crippen LogP contribution >= 0.6 is 0 Å². The average molecular weight is 385 g/mol. The number of aromatic nitrogens is 2. The van der Waals surface area contributed by atoms with Crippen LogP contribution in [0.5, 0.6) is 0 Å². The maximum Gasteiger partial charge on any atom is 0.266 e. The fraction of sp³-hybridized carbons (Fsp3) is 0.700. The number of hydrogen-bond acceptors (Lipinski definition) is 5. The highest BCUT2D eigenvalue weighted by molar-refractivity contribution is 5.92. The van der Waals surface area contributed by atoms with Gasteiger partial charge in [0, 0.05) is 44.1 Å². The first-order valence-corrected chi connectivity index (χ1v) is 10.5. The third-order valence-corrected chi connectivity index (χ3v) is 6.77. The molecule has 1 saturated carbocycles. The molecule has 0 aromatic carbocycles. The Bertz CT molecular complexity index is 820. The number of hydrogen-bond donors (Lipinski definition) is 1. The number of piperidine rings is 1. The van der Waals surface area contributed by atoms with E-state index < -0.39 is 6.10 Å². The Morgan fingerprint density at radius 2 is 2.04 bits per heavy atom. The zero-order valence-corrected chi connectivity index (χ0v) is 16.3. The number of nitrogens with one attached hydrogen (secondary N) is 1. The molecule has 150 valence electrons. The van der Waals surface area contributed by atoms with Gasteiger partial charge in [-0.2, -0.15) is 0 Å². The summed E-state index contributed by atoms with van der Waals surface area (Å²) < 4.78 is 0. The molecule has 28 heavy (non-hydrogen) atoms. The van der Waals surface area contributed by atoms with E-state index in [0.717, 1.165) is 62.2 Å². The van der Waals surface area contributed by atoms with E-state index >= 15 is 0 Å². The van der Waals surface area contributed by atoms with Gasteiger partial charge in [-0.1, -0.05) is 12.1 Å². The summed E-state index contributed by atoms with van der Waals surface area (Å²) in [6.45, 7) is 3.98.